The molecule has 0 fully saturated rings. The lowest BCUT2D eigenvalue weighted by atomic mass is 10.2. The number of hydrogen-bond acceptors (Lipinski definition) is 6. The van der Waals surface area contributed by atoms with Gasteiger partial charge in [-0.25, -0.2) is 4.39 Å². The van der Waals surface area contributed by atoms with Crippen molar-refractivity contribution in [2.45, 2.75) is 19.1 Å². The zero-order chi connectivity index (χ0) is 19.1. The third-order valence-electron chi connectivity index (χ3n) is 3.74. The van der Waals surface area contributed by atoms with E-state index in [1.807, 2.05) is 13.8 Å². The smallest absolute Gasteiger partial charge is 0.277 e. The van der Waals surface area contributed by atoms with E-state index in [4.69, 9.17) is 4.42 Å². The van der Waals surface area contributed by atoms with Crippen molar-refractivity contribution in [2.75, 3.05) is 32.4 Å². The van der Waals surface area contributed by atoms with Gasteiger partial charge in [0.2, 0.25) is 11.8 Å². The Morgan fingerprint density at radius 2 is 1.85 bits per heavy atom. The van der Waals surface area contributed by atoms with E-state index in [0.29, 0.717) is 13.1 Å². The summed E-state index contributed by atoms with van der Waals surface area (Å²) in [5.74, 6) is -0.695. The van der Waals surface area contributed by atoms with E-state index < -0.39 is 5.82 Å². The molecule has 1 aromatic heterocycles. The molecule has 0 spiro atoms. The fraction of sp³-hybridized carbons (Fsp3) is 0.412. The van der Waals surface area contributed by atoms with Crippen LogP contribution in [0.4, 0.5) is 4.39 Å². The lowest BCUT2D eigenvalue weighted by Gasteiger charge is -2.22. The van der Waals surface area contributed by atoms with Crippen molar-refractivity contribution in [3.63, 3.8) is 0 Å². The molecule has 2 aromatic rings. The number of amides is 2. The third kappa shape index (κ3) is 5.04. The Morgan fingerprint density at radius 1 is 1.15 bits per heavy atom. The number of hydrogen-bond donors (Lipinski definition) is 0. The van der Waals surface area contributed by atoms with Gasteiger partial charge in [0.25, 0.3) is 11.1 Å². The Balaban J connectivity index is 1.90. The molecule has 26 heavy (non-hydrogen) atoms. The SMILES string of the molecule is CCN(CC)C(=O)CN(C)C(=O)CSc1nnc(-c2ccccc2F)o1. The first-order chi connectivity index (χ1) is 12.5. The maximum atomic E-state index is 13.7. The summed E-state index contributed by atoms with van der Waals surface area (Å²) in [6, 6.07) is 6.08. The number of aromatic nitrogens is 2. The van der Waals surface area contributed by atoms with Gasteiger partial charge in [0.1, 0.15) is 5.82 Å². The van der Waals surface area contributed by atoms with Crippen molar-refractivity contribution in [1.29, 1.82) is 0 Å². The molecule has 0 saturated carbocycles. The molecule has 9 heteroatoms. The van der Waals surface area contributed by atoms with E-state index in [0.717, 1.165) is 11.8 Å². The number of halogens is 1. The molecule has 0 saturated heterocycles. The van der Waals surface area contributed by atoms with Crippen molar-refractivity contribution >= 4 is 23.6 Å². The Bertz CT molecular complexity index is 764. The molecule has 0 radical (unpaired) electrons. The third-order valence-corrected chi connectivity index (χ3v) is 4.55. The molecular weight excluding hydrogens is 359 g/mol. The van der Waals surface area contributed by atoms with Crippen molar-refractivity contribution in [1.82, 2.24) is 20.0 Å². The molecule has 0 bridgehead atoms. The van der Waals surface area contributed by atoms with Crippen LogP contribution in [0.3, 0.4) is 0 Å². The lowest BCUT2D eigenvalue weighted by molar-refractivity contribution is -0.137. The number of benzene rings is 1. The predicted octanol–water partition coefficient (Wildman–Crippen LogP) is 2.29. The van der Waals surface area contributed by atoms with E-state index in [1.54, 1.807) is 24.1 Å². The normalized spacial score (nSPS) is 10.6. The highest BCUT2D eigenvalue weighted by atomic mass is 32.2. The van der Waals surface area contributed by atoms with Gasteiger partial charge in [0.15, 0.2) is 0 Å². The van der Waals surface area contributed by atoms with E-state index >= 15 is 0 Å². The Labute approximate surface area is 155 Å². The van der Waals surface area contributed by atoms with Gasteiger partial charge in [-0.3, -0.25) is 9.59 Å². The van der Waals surface area contributed by atoms with Gasteiger partial charge in [0.05, 0.1) is 17.9 Å². The van der Waals surface area contributed by atoms with E-state index in [2.05, 4.69) is 10.2 Å². The van der Waals surface area contributed by atoms with Gasteiger partial charge in [-0.2, -0.15) is 0 Å². The molecule has 0 unspecified atom stereocenters. The van der Waals surface area contributed by atoms with Gasteiger partial charge in [-0.05, 0) is 26.0 Å². The quantitative estimate of drug-likeness (QED) is 0.654. The summed E-state index contributed by atoms with van der Waals surface area (Å²) in [5, 5.41) is 7.78. The molecule has 0 aliphatic heterocycles. The van der Waals surface area contributed by atoms with E-state index in [9.17, 15) is 14.0 Å². The second kappa shape index (κ2) is 9.33. The highest BCUT2D eigenvalue weighted by Gasteiger charge is 2.18. The Morgan fingerprint density at radius 3 is 2.50 bits per heavy atom. The standard InChI is InChI=1S/C17H21FN4O3S/c1-4-22(5-2)14(23)10-21(3)15(24)11-26-17-20-19-16(25-17)12-8-6-7-9-13(12)18/h6-9H,4-5,10-11H2,1-3H3. The molecular formula is C17H21FN4O3S. The van der Waals surface area contributed by atoms with E-state index in [-0.39, 0.29) is 40.8 Å². The van der Waals surface area contributed by atoms with Crippen LogP contribution in [-0.2, 0) is 9.59 Å². The van der Waals surface area contributed by atoms with Gasteiger partial charge in [-0.15, -0.1) is 10.2 Å². The van der Waals surface area contributed by atoms with Crippen LogP contribution >= 0.6 is 11.8 Å². The summed E-state index contributed by atoms with van der Waals surface area (Å²) in [4.78, 5) is 27.2. The fourth-order valence-electron chi connectivity index (χ4n) is 2.21. The number of nitrogens with zero attached hydrogens (tertiary/aromatic N) is 4. The fourth-order valence-corrected chi connectivity index (χ4v) is 2.92. The number of rotatable bonds is 8. The summed E-state index contributed by atoms with van der Waals surface area (Å²) in [7, 11) is 1.57. The second-order valence-corrected chi connectivity index (χ2v) is 6.38. The van der Waals surface area contributed by atoms with Crippen LogP contribution in [0.15, 0.2) is 33.9 Å². The Hall–Kier alpha value is -2.42. The molecule has 0 aliphatic rings. The van der Waals surface area contributed by atoms with Gasteiger partial charge < -0.3 is 14.2 Å². The number of carbonyl (C=O) groups excluding carboxylic acids is 2. The van der Waals surface area contributed by atoms with Crippen molar-refractivity contribution in [3.8, 4) is 11.5 Å². The highest BCUT2D eigenvalue weighted by molar-refractivity contribution is 7.99. The highest BCUT2D eigenvalue weighted by Crippen LogP contribution is 2.25. The van der Waals surface area contributed by atoms with Crippen molar-refractivity contribution in [2.24, 2.45) is 0 Å². The first-order valence-electron chi connectivity index (χ1n) is 8.19. The minimum Gasteiger partial charge on any atom is -0.411 e. The molecule has 1 aromatic carbocycles. The van der Waals surface area contributed by atoms with Crippen LogP contribution in [-0.4, -0.2) is 64.2 Å². The van der Waals surface area contributed by atoms with E-state index in [1.165, 1.54) is 17.0 Å². The van der Waals surface area contributed by atoms with Gasteiger partial charge in [0, 0.05) is 20.1 Å². The van der Waals surface area contributed by atoms with Gasteiger partial charge in [-0.1, -0.05) is 23.9 Å². The number of likely N-dealkylation sites (N-methyl/N-ethyl adjacent to an activating group) is 2. The summed E-state index contributed by atoms with van der Waals surface area (Å²) in [6.45, 7) is 5.01. The molecule has 2 rings (SSSR count). The van der Waals surface area contributed by atoms with Gasteiger partial charge >= 0.3 is 0 Å². The molecule has 140 valence electrons. The lowest BCUT2D eigenvalue weighted by Crippen LogP contribution is -2.41. The average Bonchev–Trinajstić information content (AvgIpc) is 3.09. The molecule has 0 N–H and O–H groups in total. The first kappa shape index (κ1) is 19.9. The summed E-state index contributed by atoms with van der Waals surface area (Å²) in [6.07, 6.45) is 0. The monoisotopic (exact) mass is 380 g/mol. The maximum Gasteiger partial charge on any atom is 0.277 e. The number of carbonyl (C=O) groups is 2. The van der Waals surface area contributed by atoms with Crippen LogP contribution in [0.25, 0.3) is 11.5 Å². The van der Waals surface area contributed by atoms with Crippen LogP contribution in [0.1, 0.15) is 13.8 Å². The summed E-state index contributed by atoms with van der Waals surface area (Å²) >= 11 is 1.05. The summed E-state index contributed by atoms with van der Waals surface area (Å²) < 4.78 is 19.1. The summed E-state index contributed by atoms with van der Waals surface area (Å²) in [5.41, 5.74) is 0.208. The second-order valence-electron chi connectivity index (χ2n) is 5.46. The molecule has 7 nitrogen and oxygen atoms in total. The van der Waals surface area contributed by atoms with Crippen LogP contribution in [0.2, 0.25) is 0 Å². The minimum atomic E-state index is -0.460. The molecule has 2 amide bonds. The maximum absolute atomic E-state index is 13.7. The van der Waals surface area contributed by atoms with Crippen molar-refractivity contribution in [3.05, 3.63) is 30.1 Å². The largest absolute Gasteiger partial charge is 0.411 e. The van der Waals surface area contributed by atoms with Crippen LogP contribution < -0.4 is 0 Å². The molecule has 0 atom stereocenters. The predicted molar refractivity (Wildman–Crippen MR) is 96.0 cm³/mol. The zero-order valence-electron chi connectivity index (χ0n) is 14.9. The van der Waals surface area contributed by atoms with Crippen molar-refractivity contribution < 1.29 is 18.4 Å². The number of thioether (sulfide) groups is 1. The Kier molecular flexibility index (Phi) is 7.14. The molecule has 0 aliphatic carbocycles. The zero-order valence-corrected chi connectivity index (χ0v) is 15.8. The average molecular weight is 380 g/mol. The topological polar surface area (TPSA) is 79.5 Å². The minimum absolute atomic E-state index is 0.0192. The van der Waals surface area contributed by atoms with Crippen LogP contribution in [0.5, 0.6) is 0 Å². The first-order valence-corrected chi connectivity index (χ1v) is 9.17. The van der Waals surface area contributed by atoms with Crippen LogP contribution in [0, 0.1) is 5.82 Å². The molecule has 1 heterocycles.